The van der Waals surface area contributed by atoms with Crippen molar-refractivity contribution < 1.29 is 9.53 Å². The Kier molecular flexibility index (Phi) is 4.95. The third-order valence-electron chi connectivity index (χ3n) is 5.10. The number of H-pyrrole nitrogens is 1. The van der Waals surface area contributed by atoms with Crippen LogP contribution in [0.5, 0.6) is 0 Å². The van der Waals surface area contributed by atoms with E-state index in [0.29, 0.717) is 24.4 Å². The predicted molar refractivity (Wildman–Crippen MR) is 82.4 cm³/mol. The van der Waals surface area contributed by atoms with Gasteiger partial charge in [-0.05, 0) is 49.9 Å². The summed E-state index contributed by atoms with van der Waals surface area (Å²) >= 11 is 0. The van der Waals surface area contributed by atoms with E-state index in [1.165, 1.54) is 0 Å². The number of aryl methyl sites for hydroxylation is 2. The number of carbonyl (C=O) groups excluding carboxylic acids is 1. The molecule has 0 radical (unpaired) electrons. The zero-order valence-corrected chi connectivity index (χ0v) is 13.3. The molecule has 1 aromatic rings. The van der Waals surface area contributed by atoms with Crippen LogP contribution in [0.1, 0.15) is 50.4 Å². The molecule has 6 nitrogen and oxygen atoms in total. The lowest BCUT2D eigenvalue weighted by Gasteiger charge is -2.06. The summed E-state index contributed by atoms with van der Waals surface area (Å²) in [7, 11) is 0. The summed E-state index contributed by atoms with van der Waals surface area (Å²) < 4.78 is 5.39. The average molecular weight is 306 g/mol. The Balaban J connectivity index is 1.37. The van der Waals surface area contributed by atoms with Crippen molar-refractivity contribution in [2.75, 3.05) is 13.2 Å². The molecule has 2 unspecified atom stereocenters. The number of fused-ring (bicyclic) bond motifs is 2. The molecule has 3 rings (SSSR count). The summed E-state index contributed by atoms with van der Waals surface area (Å²) in [4.78, 5) is 11.7. The van der Waals surface area contributed by atoms with Crippen molar-refractivity contribution in [3.05, 3.63) is 11.4 Å². The molecule has 1 saturated carbocycles. The minimum Gasteiger partial charge on any atom is -0.449 e. The van der Waals surface area contributed by atoms with Crippen LogP contribution in [-0.2, 0) is 17.6 Å². The highest BCUT2D eigenvalue weighted by molar-refractivity contribution is 5.67. The molecule has 3 atom stereocenters. The second-order valence-corrected chi connectivity index (χ2v) is 6.52. The van der Waals surface area contributed by atoms with Gasteiger partial charge < -0.3 is 10.1 Å². The van der Waals surface area contributed by atoms with Gasteiger partial charge in [0.25, 0.3) is 0 Å². The Labute approximate surface area is 131 Å². The van der Waals surface area contributed by atoms with Crippen molar-refractivity contribution in [2.45, 2.75) is 51.9 Å². The van der Waals surface area contributed by atoms with Gasteiger partial charge in [0.1, 0.15) is 0 Å². The molecule has 1 heterocycles. The lowest BCUT2D eigenvalue weighted by atomic mass is 10.0. The summed E-state index contributed by atoms with van der Waals surface area (Å²) in [5.41, 5.74) is 2.25. The number of ether oxygens (including phenoxy) is 1. The van der Waals surface area contributed by atoms with Crippen molar-refractivity contribution in [2.24, 2.45) is 17.8 Å². The fourth-order valence-electron chi connectivity index (χ4n) is 3.70. The first-order valence-corrected chi connectivity index (χ1v) is 8.58. The van der Waals surface area contributed by atoms with Gasteiger partial charge in [0, 0.05) is 6.54 Å². The Morgan fingerprint density at radius 2 is 1.91 bits per heavy atom. The summed E-state index contributed by atoms with van der Waals surface area (Å²) in [6, 6.07) is 0. The highest BCUT2D eigenvalue weighted by atomic mass is 16.5. The molecule has 6 heteroatoms. The van der Waals surface area contributed by atoms with Crippen LogP contribution in [0, 0.1) is 17.8 Å². The van der Waals surface area contributed by atoms with Crippen LogP contribution >= 0.6 is 0 Å². The quantitative estimate of drug-likeness (QED) is 0.791. The molecule has 0 aliphatic heterocycles. The lowest BCUT2D eigenvalue weighted by Crippen LogP contribution is -2.26. The minimum atomic E-state index is -0.259. The normalized spacial score (nSPS) is 26.3. The number of unbranched alkanes of at least 4 members (excludes halogenated alkanes) is 2. The molecule has 1 amide bonds. The van der Waals surface area contributed by atoms with Crippen LogP contribution in [0.25, 0.3) is 0 Å². The van der Waals surface area contributed by atoms with Crippen molar-refractivity contribution in [1.82, 2.24) is 20.7 Å². The second kappa shape index (κ2) is 7.11. The van der Waals surface area contributed by atoms with Crippen molar-refractivity contribution >= 4 is 6.09 Å². The molecule has 2 aliphatic rings. The minimum absolute atomic E-state index is 0.259. The third-order valence-corrected chi connectivity index (χ3v) is 5.10. The Hall–Kier alpha value is -1.59. The van der Waals surface area contributed by atoms with Crippen LogP contribution in [0.2, 0.25) is 0 Å². The zero-order valence-electron chi connectivity index (χ0n) is 13.3. The highest BCUT2D eigenvalue weighted by Crippen LogP contribution is 2.52. The number of nitrogens with zero attached hydrogens (tertiary/aromatic N) is 2. The van der Waals surface area contributed by atoms with E-state index in [2.05, 4.69) is 27.7 Å². The van der Waals surface area contributed by atoms with E-state index < -0.39 is 0 Å². The lowest BCUT2D eigenvalue weighted by molar-refractivity contribution is 0.137. The first-order valence-electron chi connectivity index (χ1n) is 8.58. The maximum atomic E-state index is 11.7. The number of hydrogen-bond acceptors (Lipinski definition) is 4. The number of amides is 1. The molecule has 0 bridgehead atoms. The summed E-state index contributed by atoms with van der Waals surface area (Å²) in [5.74, 6) is 1.92. The maximum absolute atomic E-state index is 11.7. The highest BCUT2D eigenvalue weighted by Gasteiger charge is 2.50. The smallest absolute Gasteiger partial charge is 0.407 e. The monoisotopic (exact) mass is 306 g/mol. The summed E-state index contributed by atoms with van der Waals surface area (Å²) in [6.07, 6.45) is 7.33. The molecule has 0 saturated heterocycles. The van der Waals surface area contributed by atoms with Crippen LogP contribution in [-0.4, -0.2) is 34.7 Å². The molecular formula is C16H26N4O2. The van der Waals surface area contributed by atoms with E-state index in [0.717, 1.165) is 62.9 Å². The molecule has 2 N–H and O–H groups in total. The van der Waals surface area contributed by atoms with E-state index in [4.69, 9.17) is 4.74 Å². The molecule has 22 heavy (non-hydrogen) atoms. The molecule has 0 aromatic carbocycles. The largest absolute Gasteiger partial charge is 0.449 e. The molecule has 1 aromatic heterocycles. The van der Waals surface area contributed by atoms with Crippen LogP contribution in [0.15, 0.2) is 0 Å². The SMILES string of the molecule is CCCCCNC(=O)OCC1C2CCc3n[nH]nc3CC[C@@H]21. The van der Waals surface area contributed by atoms with Crippen LogP contribution in [0.4, 0.5) is 4.79 Å². The molecular weight excluding hydrogens is 280 g/mol. The van der Waals surface area contributed by atoms with Gasteiger partial charge in [0.05, 0.1) is 18.0 Å². The van der Waals surface area contributed by atoms with Crippen LogP contribution < -0.4 is 5.32 Å². The Bertz CT molecular complexity index is 474. The second-order valence-electron chi connectivity index (χ2n) is 6.52. The standard InChI is InChI=1S/C16H26N4O2/c1-2-3-4-9-17-16(21)22-10-13-11-5-7-14-15(19-20-18-14)8-6-12(11)13/h11-13H,2-10H2,1H3,(H,17,21)(H,18,19,20)/t11-,12?,13?/m0/s1. The number of rotatable bonds is 6. The van der Waals surface area contributed by atoms with Gasteiger partial charge in [-0.15, -0.1) is 0 Å². The predicted octanol–water partition coefficient (Wildman–Crippen LogP) is 2.46. The van der Waals surface area contributed by atoms with Crippen LogP contribution in [0.3, 0.4) is 0 Å². The molecule has 2 aliphatic carbocycles. The van der Waals surface area contributed by atoms with Gasteiger partial charge in [0.2, 0.25) is 0 Å². The van der Waals surface area contributed by atoms with Crippen molar-refractivity contribution in [1.29, 1.82) is 0 Å². The third kappa shape index (κ3) is 3.59. The number of alkyl carbamates (subject to hydrolysis) is 1. The number of carbonyl (C=O) groups is 1. The van der Waals surface area contributed by atoms with E-state index >= 15 is 0 Å². The molecule has 1 fully saturated rings. The number of hydrogen-bond donors (Lipinski definition) is 2. The van der Waals surface area contributed by atoms with Gasteiger partial charge in [-0.3, -0.25) is 0 Å². The number of nitrogens with one attached hydrogen (secondary N) is 2. The fourth-order valence-corrected chi connectivity index (χ4v) is 3.70. The Morgan fingerprint density at radius 1 is 1.23 bits per heavy atom. The zero-order chi connectivity index (χ0) is 15.4. The van der Waals surface area contributed by atoms with Crippen molar-refractivity contribution in [3.8, 4) is 0 Å². The fraction of sp³-hybridized carbons (Fsp3) is 0.812. The van der Waals surface area contributed by atoms with Gasteiger partial charge >= 0.3 is 6.09 Å². The van der Waals surface area contributed by atoms with Gasteiger partial charge in [0.15, 0.2) is 0 Å². The summed E-state index contributed by atoms with van der Waals surface area (Å²) in [6.45, 7) is 3.43. The van der Waals surface area contributed by atoms with E-state index in [1.807, 2.05) is 0 Å². The molecule has 0 spiro atoms. The van der Waals surface area contributed by atoms with Gasteiger partial charge in [-0.25, -0.2) is 4.79 Å². The Morgan fingerprint density at radius 3 is 2.55 bits per heavy atom. The summed E-state index contributed by atoms with van der Waals surface area (Å²) in [5, 5.41) is 14.0. The first-order chi connectivity index (χ1) is 10.8. The van der Waals surface area contributed by atoms with E-state index in [1.54, 1.807) is 0 Å². The van der Waals surface area contributed by atoms with E-state index in [-0.39, 0.29) is 6.09 Å². The van der Waals surface area contributed by atoms with E-state index in [9.17, 15) is 4.79 Å². The topological polar surface area (TPSA) is 79.9 Å². The molecule has 122 valence electrons. The average Bonchev–Trinajstić information content (AvgIpc) is 2.96. The first kappa shape index (κ1) is 15.3. The maximum Gasteiger partial charge on any atom is 0.407 e. The van der Waals surface area contributed by atoms with Crippen molar-refractivity contribution in [3.63, 3.8) is 0 Å². The van der Waals surface area contributed by atoms with Gasteiger partial charge in [-0.1, -0.05) is 19.8 Å². The van der Waals surface area contributed by atoms with Gasteiger partial charge in [-0.2, -0.15) is 15.4 Å². The number of aromatic nitrogens is 3. The number of aromatic amines is 1.